The number of rotatable bonds is 2. The lowest BCUT2D eigenvalue weighted by molar-refractivity contribution is 0.0116. The summed E-state index contributed by atoms with van der Waals surface area (Å²) in [7, 11) is 0. The number of piperidine rings is 1. The van der Waals surface area contributed by atoms with Gasteiger partial charge in [0.2, 0.25) is 0 Å². The van der Waals surface area contributed by atoms with Crippen molar-refractivity contribution in [1.82, 2.24) is 4.98 Å². The van der Waals surface area contributed by atoms with Gasteiger partial charge < -0.3 is 10.0 Å². The molecule has 19 heavy (non-hydrogen) atoms. The highest BCUT2D eigenvalue weighted by Crippen LogP contribution is 2.33. The highest BCUT2D eigenvalue weighted by Gasteiger charge is 2.34. The van der Waals surface area contributed by atoms with Gasteiger partial charge in [0, 0.05) is 19.3 Å². The van der Waals surface area contributed by atoms with Crippen LogP contribution in [0.25, 0.3) is 0 Å². The maximum Gasteiger partial charge on any atom is 0.128 e. The van der Waals surface area contributed by atoms with Gasteiger partial charge in [-0.05, 0) is 30.5 Å². The fraction of sp³-hybridized carbons (Fsp3) is 0.312. The average Bonchev–Trinajstić information content (AvgIpc) is 2.50. The molecule has 1 N–H and O–H groups in total. The summed E-state index contributed by atoms with van der Waals surface area (Å²) >= 11 is 0. The molecule has 3 nitrogen and oxygen atoms in total. The third-order valence-corrected chi connectivity index (χ3v) is 3.88. The third kappa shape index (κ3) is 2.47. The van der Waals surface area contributed by atoms with Crippen LogP contribution in [0.4, 0.5) is 5.82 Å². The number of hydrogen-bond donors (Lipinski definition) is 1. The van der Waals surface area contributed by atoms with E-state index >= 15 is 0 Å². The zero-order valence-corrected chi connectivity index (χ0v) is 10.9. The van der Waals surface area contributed by atoms with E-state index in [9.17, 15) is 5.11 Å². The van der Waals surface area contributed by atoms with Gasteiger partial charge >= 0.3 is 0 Å². The Bertz CT molecular complexity index is 519. The highest BCUT2D eigenvalue weighted by molar-refractivity contribution is 5.39. The lowest BCUT2D eigenvalue weighted by atomic mass is 9.84. The smallest absolute Gasteiger partial charge is 0.128 e. The first-order chi connectivity index (χ1) is 9.28. The van der Waals surface area contributed by atoms with Crippen molar-refractivity contribution in [2.45, 2.75) is 18.4 Å². The summed E-state index contributed by atoms with van der Waals surface area (Å²) in [6.07, 6.45) is 3.30. The first-order valence-corrected chi connectivity index (χ1v) is 6.72. The molecule has 0 unspecified atom stereocenters. The second kappa shape index (κ2) is 5.02. The van der Waals surface area contributed by atoms with Crippen LogP contribution in [-0.4, -0.2) is 23.2 Å². The van der Waals surface area contributed by atoms with Crippen LogP contribution in [0.5, 0.6) is 0 Å². The molecule has 0 saturated carbocycles. The monoisotopic (exact) mass is 254 g/mol. The van der Waals surface area contributed by atoms with Crippen molar-refractivity contribution in [2.24, 2.45) is 0 Å². The fourth-order valence-corrected chi connectivity index (χ4v) is 2.68. The van der Waals surface area contributed by atoms with E-state index in [2.05, 4.69) is 9.88 Å². The summed E-state index contributed by atoms with van der Waals surface area (Å²) in [5.74, 6) is 0.998. The van der Waals surface area contributed by atoms with Crippen LogP contribution >= 0.6 is 0 Å². The van der Waals surface area contributed by atoms with Gasteiger partial charge in [-0.25, -0.2) is 4.98 Å². The van der Waals surface area contributed by atoms with Gasteiger partial charge in [0.1, 0.15) is 5.82 Å². The van der Waals surface area contributed by atoms with E-state index in [1.165, 1.54) is 0 Å². The summed E-state index contributed by atoms with van der Waals surface area (Å²) in [6, 6.07) is 15.9. The van der Waals surface area contributed by atoms with E-state index in [-0.39, 0.29) is 0 Å². The maximum atomic E-state index is 10.8. The van der Waals surface area contributed by atoms with Crippen molar-refractivity contribution in [1.29, 1.82) is 0 Å². The van der Waals surface area contributed by atoms with Crippen molar-refractivity contribution in [2.75, 3.05) is 18.0 Å². The van der Waals surface area contributed by atoms with Crippen molar-refractivity contribution in [3.63, 3.8) is 0 Å². The lowest BCUT2D eigenvalue weighted by Gasteiger charge is -2.39. The van der Waals surface area contributed by atoms with Crippen LogP contribution in [0, 0.1) is 0 Å². The van der Waals surface area contributed by atoms with Crippen molar-refractivity contribution < 1.29 is 5.11 Å². The summed E-state index contributed by atoms with van der Waals surface area (Å²) in [5, 5.41) is 10.8. The second-order valence-electron chi connectivity index (χ2n) is 5.07. The predicted molar refractivity (Wildman–Crippen MR) is 76.0 cm³/mol. The van der Waals surface area contributed by atoms with E-state index in [0.717, 1.165) is 37.3 Å². The van der Waals surface area contributed by atoms with Crippen LogP contribution in [0.15, 0.2) is 54.7 Å². The van der Waals surface area contributed by atoms with Crippen molar-refractivity contribution in [3.05, 3.63) is 60.3 Å². The molecule has 1 aromatic carbocycles. The fourth-order valence-electron chi connectivity index (χ4n) is 2.68. The van der Waals surface area contributed by atoms with Crippen molar-refractivity contribution >= 4 is 5.82 Å². The van der Waals surface area contributed by atoms with Gasteiger partial charge in [0.15, 0.2) is 0 Å². The molecule has 0 aliphatic carbocycles. The Morgan fingerprint density at radius 3 is 2.26 bits per heavy atom. The molecule has 2 aromatic rings. The Kier molecular flexibility index (Phi) is 3.22. The number of pyridine rings is 1. The SMILES string of the molecule is OC1(c2ccccc2)CCN(c2ccccn2)CC1. The third-order valence-electron chi connectivity index (χ3n) is 3.88. The molecular weight excluding hydrogens is 236 g/mol. The van der Waals surface area contributed by atoms with Gasteiger partial charge in [0.25, 0.3) is 0 Å². The predicted octanol–water partition coefficient (Wildman–Crippen LogP) is 2.57. The summed E-state index contributed by atoms with van der Waals surface area (Å²) in [6.45, 7) is 1.67. The Hall–Kier alpha value is -1.87. The van der Waals surface area contributed by atoms with Gasteiger partial charge in [-0.3, -0.25) is 0 Å². The summed E-state index contributed by atoms with van der Waals surface area (Å²) < 4.78 is 0. The first kappa shape index (κ1) is 12.2. The quantitative estimate of drug-likeness (QED) is 0.894. The topological polar surface area (TPSA) is 36.4 Å². The molecule has 98 valence electrons. The molecule has 1 saturated heterocycles. The van der Waals surface area contributed by atoms with Gasteiger partial charge in [0.05, 0.1) is 5.60 Å². The molecule has 0 radical (unpaired) electrons. The Balaban J connectivity index is 1.73. The van der Waals surface area contributed by atoms with Crippen LogP contribution in [0.1, 0.15) is 18.4 Å². The number of hydrogen-bond acceptors (Lipinski definition) is 3. The van der Waals surface area contributed by atoms with Crippen LogP contribution in [0.2, 0.25) is 0 Å². The molecule has 1 aliphatic rings. The van der Waals surface area contributed by atoms with E-state index < -0.39 is 5.60 Å². The Morgan fingerprint density at radius 2 is 1.63 bits per heavy atom. The van der Waals surface area contributed by atoms with Gasteiger partial charge in [-0.15, -0.1) is 0 Å². The van der Waals surface area contributed by atoms with E-state index in [1.54, 1.807) is 0 Å². The van der Waals surface area contributed by atoms with Crippen LogP contribution in [-0.2, 0) is 5.60 Å². The van der Waals surface area contributed by atoms with Crippen LogP contribution in [0.3, 0.4) is 0 Å². The molecule has 3 heteroatoms. The minimum Gasteiger partial charge on any atom is -0.385 e. The molecule has 0 spiro atoms. The van der Waals surface area contributed by atoms with E-state index in [4.69, 9.17) is 0 Å². The molecular formula is C16H18N2O. The molecule has 3 rings (SSSR count). The molecule has 0 bridgehead atoms. The number of nitrogens with zero attached hydrogens (tertiary/aromatic N) is 2. The van der Waals surface area contributed by atoms with Crippen LogP contribution < -0.4 is 4.90 Å². The highest BCUT2D eigenvalue weighted by atomic mass is 16.3. The second-order valence-corrected chi connectivity index (χ2v) is 5.07. The normalized spacial score (nSPS) is 18.3. The zero-order valence-electron chi connectivity index (χ0n) is 10.9. The standard InChI is InChI=1S/C16H18N2O/c19-16(14-6-2-1-3-7-14)9-12-18(13-10-16)15-8-4-5-11-17-15/h1-8,11,19H,9-10,12-13H2. The van der Waals surface area contributed by atoms with E-state index in [0.29, 0.717) is 0 Å². The summed E-state index contributed by atoms with van der Waals surface area (Å²) in [4.78, 5) is 6.60. The van der Waals surface area contributed by atoms with Crippen molar-refractivity contribution in [3.8, 4) is 0 Å². The Morgan fingerprint density at radius 1 is 0.947 bits per heavy atom. The van der Waals surface area contributed by atoms with Gasteiger partial charge in [-0.2, -0.15) is 0 Å². The zero-order chi connectivity index (χ0) is 13.1. The molecule has 0 amide bonds. The minimum atomic E-state index is -0.688. The molecule has 1 aromatic heterocycles. The van der Waals surface area contributed by atoms with E-state index in [1.807, 2.05) is 54.7 Å². The molecule has 2 heterocycles. The largest absolute Gasteiger partial charge is 0.385 e. The molecule has 0 atom stereocenters. The summed E-state index contributed by atoms with van der Waals surface area (Å²) in [5.41, 5.74) is 0.336. The Labute approximate surface area is 113 Å². The minimum absolute atomic E-state index is 0.688. The number of anilines is 1. The maximum absolute atomic E-state index is 10.8. The molecule has 1 aliphatic heterocycles. The van der Waals surface area contributed by atoms with Gasteiger partial charge in [-0.1, -0.05) is 36.4 Å². The number of aliphatic hydroxyl groups is 1. The number of aromatic nitrogens is 1. The molecule has 1 fully saturated rings. The number of benzene rings is 1. The lowest BCUT2D eigenvalue weighted by Crippen LogP contribution is -2.42. The first-order valence-electron chi connectivity index (χ1n) is 6.72. The average molecular weight is 254 g/mol.